The lowest BCUT2D eigenvalue weighted by atomic mass is 10.1. The average molecular weight is 240 g/mol. The van der Waals surface area contributed by atoms with Crippen molar-refractivity contribution in [2.45, 2.75) is 51.2 Å². The maximum atomic E-state index is 4.60. The van der Waals surface area contributed by atoms with Crippen LogP contribution in [0, 0.1) is 11.8 Å². The molecule has 1 aliphatic carbocycles. The van der Waals surface area contributed by atoms with Crippen molar-refractivity contribution in [3.05, 3.63) is 0 Å². The maximum absolute atomic E-state index is 4.60. The van der Waals surface area contributed by atoms with Crippen molar-refractivity contribution >= 4 is 16.9 Å². The number of hydrogen-bond acceptors (Lipinski definition) is 3. The molecule has 2 rings (SSSR count). The van der Waals surface area contributed by atoms with E-state index >= 15 is 0 Å². The van der Waals surface area contributed by atoms with Crippen molar-refractivity contribution in [1.82, 2.24) is 5.32 Å². The lowest BCUT2D eigenvalue weighted by molar-refractivity contribution is 0.537. The van der Waals surface area contributed by atoms with Gasteiger partial charge in [0.25, 0.3) is 0 Å². The topological polar surface area (TPSA) is 24.4 Å². The number of aliphatic imine (C=N–C) groups is 1. The van der Waals surface area contributed by atoms with Crippen LogP contribution in [0.5, 0.6) is 0 Å². The van der Waals surface area contributed by atoms with Gasteiger partial charge in [-0.05, 0) is 31.1 Å². The van der Waals surface area contributed by atoms with Gasteiger partial charge in [0.2, 0.25) is 0 Å². The standard InChI is InChI=1S/C13H24N2S/c1-10(2)7-12-9-15-13(16-12)14-8-11-5-3-4-6-11/h10-12H,3-9H2,1-2H3,(H,14,15). The lowest BCUT2D eigenvalue weighted by Gasteiger charge is -2.13. The fourth-order valence-corrected chi connectivity index (χ4v) is 3.87. The first-order chi connectivity index (χ1) is 7.74. The predicted molar refractivity (Wildman–Crippen MR) is 73.1 cm³/mol. The van der Waals surface area contributed by atoms with Gasteiger partial charge in [0, 0.05) is 11.8 Å². The monoisotopic (exact) mass is 240 g/mol. The summed E-state index contributed by atoms with van der Waals surface area (Å²) >= 11 is 1.96. The Labute approximate surface area is 104 Å². The number of nitrogens with zero attached hydrogens (tertiary/aromatic N) is 1. The molecule has 0 aromatic heterocycles. The van der Waals surface area contributed by atoms with E-state index in [-0.39, 0.29) is 0 Å². The van der Waals surface area contributed by atoms with Gasteiger partial charge >= 0.3 is 0 Å². The molecule has 1 unspecified atom stereocenters. The molecule has 0 amide bonds. The molecule has 1 aliphatic heterocycles. The van der Waals surface area contributed by atoms with Gasteiger partial charge in [-0.2, -0.15) is 0 Å². The van der Waals surface area contributed by atoms with Gasteiger partial charge in [-0.1, -0.05) is 38.5 Å². The first-order valence-electron chi connectivity index (χ1n) is 6.69. The van der Waals surface area contributed by atoms with Crippen LogP contribution >= 0.6 is 11.8 Å². The summed E-state index contributed by atoms with van der Waals surface area (Å²) in [5, 5.41) is 5.47. The van der Waals surface area contributed by atoms with E-state index in [9.17, 15) is 0 Å². The SMILES string of the molecule is CC(C)CC1CN=C(NCC2CCCC2)S1. The third-order valence-corrected chi connectivity index (χ3v) is 4.64. The van der Waals surface area contributed by atoms with Crippen LogP contribution in [0.15, 0.2) is 4.99 Å². The molecule has 2 aliphatic rings. The van der Waals surface area contributed by atoms with E-state index in [4.69, 9.17) is 0 Å². The number of thioether (sulfide) groups is 1. The zero-order chi connectivity index (χ0) is 11.4. The van der Waals surface area contributed by atoms with Gasteiger partial charge in [-0.3, -0.25) is 4.99 Å². The van der Waals surface area contributed by atoms with E-state index in [0.29, 0.717) is 0 Å². The molecule has 0 aromatic rings. The Hall–Kier alpha value is -0.180. The molecular formula is C13H24N2S. The normalized spacial score (nSPS) is 26.4. The second kappa shape index (κ2) is 5.95. The van der Waals surface area contributed by atoms with E-state index in [1.54, 1.807) is 0 Å². The van der Waals surface area contributed by atoms with Crippen molar-refractivity contribution in [3.8, 4) is 0 Å². The number of amidine groups is 1. The quantitative estimate of drug-likeness (QED) is 0.815. The van der Waals surface area contributed by atoms with Crippen molar-refractivity contribution in [3.63, 3.8) is 0 Å². The third-order valence-electron chi connectivity index (χ3n) is 3.47. The molecule has 1 saturated carbocycles. The van der Waals surface area contributed by atoms with Crippen LogP contribution < -0.4 is 5.32 Å². The Morgan fingerprint density at radius 1 is 1.38 bits per heavy atom. The van der Waals surface area contributed by atoms with Crippen LogP contribution in [-0.4, -0.2) is 23.5 Å². The minimum absolute atomic E-state index is 0.728. The highest BCUT2D eigenvalue weighted by molar-refractivity contribution is 8.14. The van der Waals surface area contributed by atoms with Crippen LogP contribution in [-0.2, 0) is 0 Å². The van der Waals surface area contributed by atoms with Gasteiger partial charge in [0.05, 0.1) is 6.54 Å². The molecule has 2 nitrogen and oxygen atoms in total. The van der Waals surface area contributed by atoms with Crippen LogP contribution in [0.4, 0.5) is 0 Å². The van der Waals surface area contributed by atoms with E-state index in [2.05, 4.69) is 24.2 Å². The molecule has 3 heteroatoms. The molecule has 16 heavy (non-hydrogen) atoms. The van der Waals surface area contributed by atoms with Crippen molar-refractivity contribution in [2.75, 3.05) is 13.1 Å². The van der Waals surface area contributed by atoms with Crippen LogP contribution in [0.3, 0.4) is 0 Å². The fourth-order valence-electron chi connectivity index (χ4n) is 2.61. The molecule has 0 bridgehead atoms. The molecule has 92 valence electrons. The van der Waals surface area contributed by atoms with E-state index in [0.717, 1.165) is 30.2 Å². The highest BCUT2D eigenvalue weighted by atomic mass is 32.2. The Bertz CT molecular complexity index is 244. The molecule has 1 fully saturated rings. The Balaban J connectivity index is 1.64. The number of nitrogens with one attached hydrogen (secondary N) is 1. The molecule has 0 radical (unpaired) electrons. The zero-order valence-electron chi connectivity index (χ0n) is 10.5. The van der Waals surface area contributed by atoms with Crippen LogP contribution in [0.2, 0.25) is 0 Å². The molecular weight excluding hydrogens is 216 g/mol. The summed E-state index contributed by atoms with van der Waals surface area (Å²) in [7, 11) is 0. The lowest BCUT2D eigenvalue weighted by Crippen LogP contribution is -2.25. The van der Waals surface area contributed by atoms with Gasteiger partial charge in [0.1, 0.15) is 0 Å². The van der Waals surface area contributed by atoms with Gasteiger partial charge < -0.3 is 5.32 Å². The van der Waals surface area contributed by atoms with Gasteiger partial charge in [-0.15, -0.1) is 0 Å². The predicted octanol–water partition coefficient (Wildman–Crippen LogP) is 3.28. The van der Waals surface area contributed by atoms with Gasteiger partial charge in [-0.25, -0.2) is 0 Å². The van der Waals surface area contributed by atoms with E-state index in [1.807, 2.05) is 11.8 Å². The summed E-state index contributed by atoms with van der Waals surface area (Å²) in [5.41, 5.74) is 0. The summed E-state index contributed by atoms with van der Waals surface area (Å²) < 4.78 is 0. The molecule has 1 heterocycles. The van der Waals surface area contributed by atoms with Gasteiger partial charge in [0.15, 0.2) is 5.17 Å². The number of hydrogen-bond donors (Lipinski definition) is 1. The summed E-state index contributed by atoms with van der Waals surface area (Å²) in [4.78, 5) is 4.60. The second-order valence-corrected chi connectivity index (χ2v) is 6.84. The Morgan fingerprint density at radius 2 is 2.12 bits per heavy atom. The zero-order valence-corrected chi connectivity index (χ0v) is 11.4. The Kier molecular flexibility index (Phi) is 4.56. The maximum Gasteiger partial charge on any atom is 0.156 e. The fraction of sp³-hybridized carbons (Fsp3) is 0.923. The van der Waals surface area contributed by atoms with E-state index in [1.165, 1.54) is 37.3 Å². The molecule has 0 spiro atoms. The first-order valence-corrected chi connectivity index (χ1v) is 7.57. The first kappa shape index (κ1) is 12.3. The summed E-state index contributed by atoms with van der Waals surface area (Å²) in [6, 6.07) is 0. The highest BCUT2D eigenvalue weighted by Crippen LogP contribution is 2.27. The number of rotatable bonds is 4. The largest absolute Gasteiger partial charge is 0.365 e. The Morgan fingerprint density at radius 3 is 2.81 bits per heavy atom. The smallest absolute Gasteiger partial charge is 0.156 e. The summed E-state index contributed by atoms with van der Waals surface area (Å²) in [6.07, 6.45) is 6.99. The highest BCUT2D eigenvalue weighted by Gasteiger charge is 2.21. The van der Waals surface area contributed by atoms with Crippen molar-refractivity contribution in [2.24, 2.45) is 16.8 Å². The van der Waals surface area contributed by atoms with Crippen LogP contribution in [0.25, 0.3) is 0 Å². The second-order valence-electron chi connectivity index (χ2n) is 5.55. The molecule has 1 atom stereocenters. The van der Waals surface area contributed by atoms with Crippen molar-refractivity contribution < 1.29 is 0 Å². The van der Waals surface area contributed by atoms with Crippen LogP contribution in [0.1, 0.15) is 46.0 Å². The van der Waals surface area contributed by atoms with Crippen molar-refractivity contribution in [1.29, 1.82) is 0 Å². The minimum Gasteiger partial charge on any atom is -0.365 e. The summed E-state index contributed by atoms with van der Waals surface area (Å²) in [5.74, 6) is 1.70. The molecule has 0 aromatic carbocycles. The molecule has 0 saturated heterocycles. The summed E-state index contributed by atoms with van der Waals surface area (Å²) in [6.45, 7) is 6.77. The average Bonchev–Trinajstić information content (AvgIpc) is 2.84. The minimum atomic E-state index is 0.728. The molecule has 1 N–H and O–H groups in total. The van der Waals surface area contributed by atoms with E-state index < -0.39 is 0 Å². The third kappa shape index (κ3) is 3.69.